The fourth-order valence-corrected chi connectivity index (χ4v) is 3.88. The minimum Gasteiger partial charge on any atom is -0.366 e. The van der Waals surface area contributed by atoms with E-state index >= 15 is 0 Å². The van der Waals surface area contributed by atoms with Gasteiger partial charge in [0.1, 0.15) is 5.82 Å². The molecule has 1 N–H and O–H groups in total. The summed E-state index contributed by atoms with van der Waals surface area (Å²) in [7, 11) is 0. The lowest BCUT2D eigenvalue weighted by atomic mass is 10.2. The Kier molecular flexibility index (Phi) is 7.69. The number of anilines is 1. The molecule has 1 aromatic rings. The highest BCUT2D eigenvalue weighted by Gasteiger charge is 2.22. The van der Waals surface area contributed by atoms with Gasteiger partial charge in [-0.25, -0.2) is 4.39 Å². The highest BCUT2D eigenvalue weighted by molar-refractivity contribution is 5.80. The largest absolute Gasteiger partial charge is 0.366 e. The predicted molar refractivity (Wildman–Crippen MR) is 115 cm³/mol. The molecule has 0 spiro atoms. The van der Waals surface area contributed by atoms with Gasteiger partial charge >= 0.3 is 0 Å². The minimum absolute atomic E-state index is 0.159. The van der Waals surface area contributed by atoms with E-state index in [2.05, 4.69) is 26.9 Å². The number of benzene rings is 1. The summed E-state index contributed by atoms with van der Waals surface area (Å²) in [5.41, 5.74) is 0.679. The van der Waals surface area contributed by atoms with Crippen molar-refractivity contribution in [1.82, 2.24) is 20.0 Å². The molecule has 2 heterocycles. The number of carbonyl (C=O) groups excluding carboxylic acids is 1. The summed E-state index contributed by atoms with van der Waals surface area (Å²) in [4.78, 5) is 24.9. The summed E-state index contributed by atoms with van der Waals surface area (Å²) < 4.78 is 14.0. The molecule has 2 fully saturated rings. The van der Waals surface area contributed by atoms with Crippen LogP contribution in [0.1, 0.15) is 13.8 Å². The van der Waals surface area contributed by atoms with Crippen molar-refractivity contribution in [2.75, 3.05) is 76.9 Å². The van der Waals surface area contributed by atoms with Gasteiger partial charge in [-0.1, -0.05) is 12.1 Å². The van der Waals surface area contributed by atoms with Crippen LogP contribution in [0.4, 0.5) is 10.1 Å². The predicted octanol–water partition coefficient (Wildman–Crippen LogP) is 1.08. The van der Waals surface area contributed by atoms with Gasteiger partial charge in [0, 0.05) is 72.4 Å². The van der Waals surface area contributed by atoms with E-state index in [0.29, 0.717) is 5.69 Å². The first-order chi connectivity index (χ1) is 14.1. The van der Waals surface area contributed by atoms with E-state index in [1.807, 2.05) is 17.0 Å². The molecule has 7 nitrogen and oxygen atoms in total. The smallest absolute Gasteiger partial charge is 0.219 e. The van der Waals surface area contributed by atoms with E-state index in [9.17, 15) is 9.18 Å². The average molecular weight is 405 g/mol. The molecule has 0 aliphatic carbocycles. The van der Waals surface area contributed by atoms with Crippen LogP contribution in [0.3, 0.4) is 0 Å². The van der Waals surface area contributed by atoms with Crippen molar-refractivity contribution >= 4 is 17.6 Å². The molecule has 29 heavy (non-hydrogen) atoms. The zero-order valence-corrected chi connectivity index (χ0v) is 17.6. The maximum Gasteiger partial charge on any atom is 0.219 e. The third-order valence-corrected chi connectivity index (χ3v) is 5.60. The standard InChI is InChI=1S/C21H33FN6O/c1-3-23-21(24-8-9-25-10-12-26(13-11-25)18(2)29)28-16-14-27(15-17-28)20-7-5-4-6-19(20)22/h4-7H,3,8-17H2,1-2H3,(H,23,24). The van der Waals surface area contributed by atoms with E-state index in [1.54, 1.807) is 13.0 Å². The maximum absolute atomic E-state index is 14.0. The monoisotopic (exact) mass is 404 g/mol. The first-order valence-corrected chi connectivity index (χ1v) is 10.6. The molecule has 1 amide bonds. The van der Waals surface area contributed by atoms with Gasteiger partial charge in [0.05, 0.1) is 12.2 Å². The van der Waals surface area contributed by atoms with Gasteiger partial charge in [-0.05, 0) is 19.1 Å². The number of hydrogen-bond donors (Lipinski definition) is 1. The van der Waals surface area contributed by atoms with Crippen molar-refractivity contribution < 1.29 is 9.18 Å². The number of hydrogen-bond acceptors (Lipinski definition) is 4. The third kappa shape index (κ3) is 5.82. The van der Waals surface area contributed by atoms with Gasteiger partial charge < -0.3 is 20.0 Å². The lowest BCUT2D eigenvalue weighted by Gasteiger charge is -2.38. The van der Waals surface area contributed by atoms with Gasteiger partial charge in [0.2, 0.25) is 5.91 Å². The number of nitrogens with one attached hydrogen (secondary N) is 1. The highest BCUT2D eigenvalue weighted by Crippen LogP contribution is 2.20. The Morgan fingerprint density at radius 1 is 1.03 bits per heavy atom. The summed E-state index contributed by atoms with van der Waals surface area (Å²) in [6, 6.07) is 6.97. The number of piperazine rings is 2. The molecule has 0 unspecified atom stereocenters. The number of rotatable bonds is 5. The molecule has 0 bridgehead atoms. The minimum atomic E-state index is -0.161. The number of amides is 1. The zero-order valence-electron chi connectivity index (χ0n) is 17.6. The molecule has 8 heteroatoms. The van der Waals surface area contributed by atoms with Crippen LogP contribution < -0.4 is 10.2 Å². The van der Waals surface area contributed by atoms with Gasteiger partial charge in [-0.2, -0.15) is 0 Å². The van der Waals surface area contributed by atoms with Gasteiger partial charge in [0.25, 0.3) is 0 Å². The number of carbonyl (C=O) groups is 1. The Morgan fingerprint density at radius 3 is 2.31 bits per heavy atom. The molecule has 160 valence electrons. The lowest BCUT2D eigenvalue weighted by molar-refractivity contribution is -0.130. The Bertz CT molecular complexity index is 696. The van der Waals surface area contributed by atoms with E-state index in [0.717, 1.165) is 78.0 Å². The number of halogens is 1. The van der Waals surface area contributed by atoms with E-state index in [-0.39, 0.29) is 11.7 Å². The fourth-order valence-electron chi connectivity index (χ4n) is 3.88. The fraction of sp³-hybridized carbons (Fsp3) is 0.619. The van der Waals surface area contributed by atoms with Crippen LogP contribution in [0.15, 0.2) is 29.3 Å². The zero-order chi connectivity index (χ0) is 20.6. The van der Waals surface area contributed by atoms with Crippen LogP contribution >= 0.6 is 0 Å². The molecular formula is C21H33FN6O. The molecular weight excluding hydrogens is 371 g/mol. The van der Waals surface area contributed by atoms with Crippen molar-refractivity contribution in [3.63, 3.8) is 0 Å². The van der Waals surface area contributed by atoms with Crippen molar-refractivity contribution in [2.45, 2.75) is 13.8 Å². The molecule has 0 saturated carbocycles. The van der Waals surface area contributed by atoms with Gasteiger partial charge in [-0.15, -0.1) is 0 Å². The summed E-state index contributed by atoms with van der Waals surface area (Å²) in [6.45, 7) is 12.8. The summed E-state index contributed by atoms with van der Waals surface area (Å²) in [5.74, 6) is 0.932. The van der Waals surface area contributed by atoms with Crippen LogP contribution in [0.25, 0.3) is 0 Å². The van der Waals surface area contributed by atoms with Crippen molar-refractivity contribution in [2.24, 2.45) is 4.99 Å². The van der Waals surface area contributed by atoms with Crippen molar-refractivity contribution in [3.8, 4) is 0 Å². The highest BCUT2D eigenvalue weighted by atomic mass is 19.1. The molecule has 3 rings (SSSR count). The van der Waals surface area contributed by atoms with Crippen molar-refractivity contribution in [1.29, 1.82) is 0 Å². The Hall–Kier alpha value is -2.35. The first kappa shape index (κ1) is 21.4. The Morgan fingerprint density at radius 2 is 1.69 bits per heavy atom. The van der Waals surface area contributed by atoms with Gasteiger partial charge in [0.15, 0.2) is 5.96 Å². The van der Waals surface area contributed by atoms with Crippen LogP contribution in [-0.4, -0.2) is 98.6 Å². The lowest BCUT2D eigenvalue weighted by Crippen LogP contribution is -2.53. The van der Waals surface area contributed by atoms with E-state index < -0.39 is 0 Å². The normalized spacial score (nSPS) is 18.9. The molecule has 2 saturated heterocycles. The second-order valence-corrected chi connectivity index (χ2v) is 7.51. The molecule has 2 aliphatic rings. The molecule has 1 aromatic carbocycles. The van der Waals surface area contributed by atoms with Crippen LogP contribution in [0.5, 0.6) is 0 Å². The van der Waals surface area contributed by atoms with Crippen LogP contribution in [0.2, 0.25) is 0 Å². The topological polar surface area (TPSA) is 54.4 Å². The van der Waals surface area contributed by atoms with E-state index in [4.69, 9.17) is 4.99 Å². The quantitative estimate of drug-likeness (QED) is 0.588. The number of para-hydroxylation sites is 1. The summed E-state index contributed by atoms with van der Waals surface area (Å²) >= 11 is 0. The third-order valence-electron chi connectivity index (χ3n) is 5.60. The maximum atomic E-state index is 14.0. The van der Waals surface area contributed by atoms with Gasteiger partial charge in [-0.3, -0.25) is 14.7 Å². The number of nitrogens with zero attached hydrogens (tertiary/aromatic N) is 5. The second kappa shape index (κ2) is 10.4. The van der Waals surface area contributed by atoms with E-state index in [1.165, 1.54) is 6.07 Å². The Balaban J connectivity index is 1.48. The van der Waals surface area contributed by atoms with Crippen LogP contribution in [-0.2, 0) is 4.79 Å². The summed E-state index contributed by atoms with van der Waals surface area (Å²) in [5, 5.41) is 3.39. The summed E-state index contributed by atoms with van der Waals surface area (Å²) in [6.07, 6.45) is 0. The molecule has 0 atom stereocenters. The second-order valence-electron chi connectivity index (χ2n) is 7.51. The van der Waals surface area contributed by atoms with Crippen LogP contribution in [0, 0.1) is 5.82 Å². The molecule has 0 radical (unpaired) electrons. The Labute approximate surface area is 173 Å². The first-order valence-electron chi connectivity index (χ1n) is 10.6. The SMILES string of the molecule is CCNC(=NCCN1CCN(C(C)=O)CC1)N1CCN(c2ccccc2F)CC1. The molecule has 0 aromatic heterocycles. The number of aliphatic imine (C=N–C) groups is 1. The van der Waals surface area contributed by atoms with Crippen molar-refractivity contribution in [3.05, 3.63) is 30.1 Å². The average Bonchev–Trinajstić information content (AvgIpc) is 2.74. The molecule has 2 aliphatic heterocycles. The number of guanidine groups is 1.